The van der Waals surface area contributed by atoms with Crippen LogP contribution in [0.5, 0.6) is 0 Å². The Morgan fingerprint density at radius 2 is 1.61 bits per heavy atom. The van der Waals surface area contributed by atoms with Gasteiger partial charge >= 0.3 is 0 Å². The maximum atomic E-state index is 10.6. The topological polar surface area (TPSA) is 93.9 Å². The van der Waals surface area contributed by atoms with E-state index < -0.39 is 4.92 Å². The van der Waals surface area contributed by atoms with Gasteiger partial charge in [-0.15, -0.1) is 0 Å². The predicted octanol–water partition coefficient (Wildman–Crippen LogP) is 3.59. The van der Waals surface area contributed by atoms with Crippen molar-refractivity contribution in [3.8, 4) is 0 Å². The molecule has 0 saturated carbocycles. The monoisotopic (exact) mass is 242 g/mol. The molecular formula is C12H10N4O2. The second-order valence-electron chi connectivity index (χ2n) is 3.57. The van der Waals surface area contributed by atoms with Gasteiger partial charge in [-0.1, -0.05) is 12.1 Å². The van der Waals surface area contributed by atoms with E-state index in [4.69, 9.17) is 5.73 Å². The first-order chi connectivity index (χ1) is 8.65. The van der Waals surface area contributed by atoms with Crippen LogP contribution in [0.15, 0.2) is 58.8 Å². The maximum Gasteiger partial charge on any atom is 0.271 e. The van der Waals surface area contributed by atoms with E-state index in [9.17, 15) is 10.1 Å². The van der Waals surface area contributed by atoms with Crippen LogP contribution in [0, 0.1) is 10.1 Å². The third-order valence-corrected chi connectivity index (χ3v) is 2.19. The molecule has 0 aromatic heterocycles. The number of benzene rings is 2. The van der Waals surface area contributed by atoms with Gasteiger partial charge in [0.1, 0.15) is 0 Å². The van der Waals surface area contributed by atoms with Crippen LogP contribution in [0.2, 0.25) is 0 Å². The number of nitrogen functional groups attached to an aromatic ring is 1. The Balaban J connectivity index is 2.23. The first-order valence-electron chi connectivity index (χ1n) is 5.17. The highest BCUT2D eigenvalue weighted by Crippen LogP contribution is 2.23. The lowest BCUT2D eigenvalue weighted by Crippen LogP contribution is -1.85. The van der Waals surface area contributed by atoms with Crippen molar-refractivity contribution in [1.82, 2.24) is 0 Å². The van der Waals surface area contributed by atoms with Gasteiger partial charge in [-0.2, -0.15) is 10.2 Å². The maximum absolute atomic E-state index is 10.6. The van der Waals surface area contributed by atoms with E-state index in [0.717, 1.165) is 0 Å². The number of non-ortho nitro benzene ring substituents is 1. The minimum absolute atomic E-state index is 0.0148. The van der Waals surface area contributed by atoms with Crippen LogP contribution in [0.4, 0.5) is 22.7 Å². The van der Waals surface area contributed by atoms with E-state index in [1.54, 1.807) is 36.4 Å². The Hall–Kier alpha value is -2.76. The molecule has 2 aromatic carbocycles. The number of hydrogen-bond donors (Lipinski definition) is 1. The van der Waals surface area contributed by atoms with Gasteiger partial charge < -0.3 is 5.73 Å². The highest BCUT2D eigenvalue weighted by molar-refractivity contribution is 5.51. The van der Waals surface area contributed by atoms with Crippen molar-refractivity contribution in [1.29, 1.82) is 0 Å². The normalized spacial score (nSPS) is 10.7. The number of nitrogens with two attached hydrogens (primary N) is 1. The molecule has 2 aromatic rings. The number of nitro groups is 1. The van der Waals surface area contributed by atoms with Gasteiger partial charge in [-0.25, -0.2) is 0 Å². The van der Waals surface area contributed by atoms with Crippen molar-refractivity contribution in [2.75, 3.05) is 5.73 Å². The Morgan fingerprint density at radius 3 is 2.22 bits per heavy atom. The summed E-state index contributed by atoms with van der Waals surface area (Å²) in [7, 11) is 0. The predicted molar refractivity (Wildman–Crippen MR) is 68.1 cm³/mol. The largest absolute Gasteiger partial charge is 0.399 e. The average Bonchev–Trinajstić information content (AvgIpc) is 2.37. The molecule has 0 spiro atoms. The molecule has 0 aliphatic heterocycles. The van der Waals surface area contributed by atoms with Crippen LogP contribution >= 0.6 is 0 Å². The van der Waals surface area contributed by atoms with E-state index in [2.05, 4.69) is 10.2 Å². The number of nitro benzene ring substituents is 1. The summed E-state index contributed by atoms with van der Waals surface area (Å²) in [6.07, 6.45) is 0. The zero-order valence-electron chi connectivity index (χ0n) is 9.35. The first-order valence-corrected chi connectivity index (χ1v) is 5.17. The number of hydrogen-bond acceptors (Lipinski definition) is 5. The van der Waals surface area contributed by atoms with Gasteiger partial charge in [0, 0.05) is 17.8 Å². The van der Waals surface area contributed by atoms with E-state index in [0.29, 0.717) is 17.1 Å². The number of anilines is 1. The summed E-state index contributed by atoms with van der Waals surface area (Å²) < 4.78 is 0. The molecule has 2 N–H and O–H groups in total. The Labute approximate surface area is 103 Å². The van der Waals surface area contributed by atoms with Gasteiger partial charge in [0.2, 0.25) is 0 Å². The minimum Gasteiger partial charge on any atom is -0.399 e. The fourth-order valence-electron chi connectivity index (χ4n) is 1.37. The summed E-state index contributed by atoms with van der Waals surface area (Å²) in [4.78, 5) is 10.1. The zero-order chi connectivity index (χ0) is 13.0. The van der Waals surface area contributed by atoms with Crippen LogP contribution in [0.25, 0.3) is 0 Å². The molecule has 0 atom stereocenters. The second kappa shape index (κ2) is 5.05. The van der Waals surface area contributed by atoms with Crippen molar-refractivity contribution in [2.45, 2.75) is 0 Å². The van der Waals surface area contributed by atoms with Crippen molar-refractivity contribution >= 4 is 22.7 Å². The Bertz CT molecular complexity index is 611. The molecular weight excluding hydrogens is 232 g/mol. The molecule has 2 rings (SSSR count). The molecule has 0 heterocycles. The van der Waals surface area contributed by atoms with Gasteiger partial charge in [0.05, 0.1) is 16.3 Å². The van der Waals surface area contributed by atoms with Crippen LogP contribution < -0.4 is 5.73 Å². The highest BCUT2D eigenvalue weighted by atomic mass is 16.6. The third-order valence-electron chi connectivity index (χ3n) is 2.19. The summed E-state index contributed by atoms with van der Waals surface area (Å²) in [5.41, 5.74) is 7.20. The summed E-state index contributed by atoms with van der Waals surface area (Å²) in [6, 6.07) is 12.9. The van der Waals surface area contributed by atoms with Crippen molar-refractivity contribution in [3.63, 3.8) is 0 Å². The first kappa shape index (κ1) is 11.7. The Kier molecular flexibility index (Phi) is 3.29. The van der Waals surface area contributed by atoms with Gasteiger partial charge in [0.15, 0.2) is 0 Å². The van der Waals surface area contributed by atoms with Crippen LogP contribution in [0.3, 0.4) is 0 Å². The lowest BCUT2D eigenvalue weighted by Gasteiger charge is -1.95. The smallest absolute Gasteiger partial charge is 0.271 e. The van der Waals surface area contributed by atoms with Gasteiger partial charge in [-0.3, -0.25) is 10.1 Å². The molecule has 18 heavy (non-hydrogen) atoms. The van der Waals surface area contributed by atoms with Gasteiger partial charge in [0.25, 0.3) is 5.69 Å². The molecule has 6 heteroatoms. The standard InChI is InChI=1S/C12H10N4O2/c13-9-3-1-4-10(7-9)14-15-11-5-2-6-12(8-11)16(17)18/h1-8H,13H2/b15-14+. The summed E-state index contributed by atoms with van der Waals surface area (Å²) in [6.45, 7) is 0. The molecule has 0 aliphatic rings. The molecule has 0 radical (unpaired) electrons. The van der Waals surface area contributed by atoms with Crippen LogP contribution in [0.1, 0.15) is 0 Å². The molecule has 0 amide bonds. The number of nitrogens with zero attached hydrogens (tertiary/aromatic N) is 3. The third kappa shape index (κ3) is 2.88. The van der Waals surface area contributed by atoms with E-state index in [1.165, 1.54) is 12.1 Å². The second-order valence-corrected chi connectivity index (χ2v) is 3.57. The number of azo groups is 1. The van der Waals surface area contributed by atoms with Crippen LogP contribution in [-0.4, -0.2) is 4.92 Å². The summed E-state index contributed by atoms with van der Waals surface area (Å²) in [5, 5.41) is 18.5. The minimum atomic E-state index is -0.473. The molecule has 0 bridgehead atoms. The zero-order valence-corrected chi connectivity index (χ0v) is 9.35. The fraction of sp³-hybridized carbons (Fsp3) is 0. The number of rotatable bonds is 3. The lowest BCUT2D eigenvalue weighted by molar-refractivity contribution is -0.384. The Morgan fingerprint density at radius 1 is 1.00 bits per heavy atom. The van der Waals surface area contributed by atoms with Crippen molar-refractivity contribution in [3.05, 3.63) is 58.6 Å². The molecule has 0 aliphatic carbocycles. The van der Waals surface area contributed by atoms with E-state index in [1.807, 2.05) is 0 Å². The highest BCUT2D eigenvalue weighted by Gasteiger charge is 2.04. The SMILES string of the molecule is Nc1cccc(/N=N/c2cccc([N+](=O)[O-])c2)c1. The molecule has 90 valence electrons. The van der Waals surface area contributed by atoms with E-state index >= 15 is 0 Å². The molecule has 0 unspecified atom stereocenters. The lowest BCUT2D eigenvalue weighted by atomic mass is 10.3. The summed E-state index contributed by atoms with van der Waals surface area (Å²) >= 11 is 0. The average molecular weight is 242 g/mol. The van der Waals surface area contributed by atoms with Gasteiger partial charge in [-0.05, 0) is 24.3 Å². The summed E-state index contributed by atoms with van der Waals surface area (Å²) in [5.74, 6) is 0. The van der Waals surface area contributed by atoms with E-state index in [-0.39, 0.29) is 5.69 Å². The molecule has 0 saturated heterocycles. The van der Waals surface area contributed by atoms with Crippen molar-refractivity contribution < 1.29 is 4.92 Å². The quantitative estimate of drug-likeness (QED) is 0.385. The van der Waals surface area contributed by atoms with Crippen LogP contribution in [-0.2, 0) is 0 Å². The fourth-order valence-corrected chi connectivity index (χ4v) is 1.37. The van der Waals surface area contributed by atoms with Crippen molar-refractivity contribution in [2.24, 2.45) is 10.2 Å². The molecule has 6 nitrogen and oxygen atoms in total. The molecule has 0 fully saturated rings.